The van der Waals surface area contributed by atoms with Gasteiger partial charge in [-0.15, -0.1) is 11.3 Å². The van der Waals surface area contributed by atoms with Gasteiger partial charge in [0.25, 0.3) is 0 Å². The Morgan fingerprint density at radius 3 is 2.71 bits per heavy atom. The molecule has 0 saturated carbocycles. The quantitative estimate of drug-likeness (QED) is 0.569. The van der Waals surface area contributed by atoms with Gasteiger partial charge in [-0.2, -0.15) is 0 Å². The number of thiophene rings is 1. The van der Waals surface area contributed by atoms with Gasteiger partial charge in [0.1, 0.15) is 11.8 Å². The van der Waals surface area contributed by atoms with Gasteiger partial charge in [-0.25, -0.2) is 0 Å². The van der Waals surface area contributed by atoms with E-state index in [4.69, 9.17) is 16.0 Å². The van der Waals surface area contributed by atoms with Crippen molar-refractivity contribution in [1.29, 1.82) is 0 Å². The highest BCUT2D eigenvalue weighted by Crippen LogP contribution is 2.31. The lowest BCUT2D eigenvalue weighted by Crippen LogP contribution is -2.30. The molecule has 0 amide bonds. The summed E-state index contributed by atoms with van der Waals surface area (Å²) in [5.41, 5.74) is 0. The summed E-state index contributed by atoms with van der Waals surface area (Å²) in [5, 5.41) is 3.68. The average molecular weight is 326 g/mol. The maximum atomic E-state index is 6.08. The van der Waals surface area contributed by atoms with Crippen LogP contribution in [-0.2, 0) is 0 Å². The van der Waals surface area contributed by atoms with Crippen LogP contribution >= 0.6 is 22.9 Å². The zero-order chi connectivity index (χ0) is 15.1. The molecule has 1 N–H and O–H groups in total. The Morgan fingerprint density at radius 1 is 1.24 bits per heavy atom. The molecule has 2 aromatic heterocycles. The van der Waals surface area contributed by atoms with E-state index in [9.17, 15) is 0 Å². The second-order valence-electron chi connectivity index (χ2n) is 5.51. The number of unbranched alkanes of at least 4 members (excludes halogenated alkanes) is 3. The minimum Gasteiger partial charge on any atom is -0.467 e. The van der Waals surface area contributed by atoms with E-state index in [-0.39, 0.29) is 6.04 Å². The molecule has 0 aliphatic rings. The van der Waals surface area contributed by atoms with Crippen molar-refractivity contribution in [3.63, 3.8) is 0 Å². The number of halogens is 1. The number of hydrogen-bond acceptors (Lipinski definition) is 3. The van der Waals surface area contributed by atoms with Crippen molar-refractivity contribution < 1.29 is 4.42 Å². The number of hydrogen-bond donors (Lipinski definition) is 1. The third-order valence-electron chi connectivity index (χ3n) is 3.65. The SMILES string of the molecule is CCCCCCC(C)NC(c1ccco1)c1ccc(Cl)s1. The highest BCUT2D eigenvalue weighted by Gasteiger charge is 2.20. The summed E-state index contributed by atoms with van der Waals surface area (Å²) >= 11 is 7.69. The Hall–Kier alpha value is -0.770. The molecule has 2 aromatic rings. The Bertz CT molecular complexity index is 509. The van der Waals surface area contributed by atoms with Gasteiger partial charge >= 0.3 is 0 Å². The van der Waals surface area contributed by atoms with E-state index in [1.807, 2.05) is 18.2 Å². The predicted octanol–water partition coefficient (Wildman–Crippen LogP) is 6.03. The second kappa shape index (κ2) is 8.62. The van der Waals surface area contributed by atoms with Crippen LogP contribution in [0.15, 0.2) is 34.9 Å². The van der Waals surface area contributed by atoms with Crippen molar-refractivity contribution in [2.24, 2.45) is 0 Å². The minimum atomic E-state index is 0.0960. The van der Waals surface area contributed by atoms with Crippen LogP contribution in [0.2, 0.25) is 4.34 Å². The topological polar surface area (TPSA) is 25.2 Å². The molecular formula is C17H24ClNOS. The predicted molar refractivity (Wildman–Crippen MR) is 91.2 cm³/mol. The number of furan rings is 1. The van der Waals surface area contributed by atoms with Gasteiger partial charge in [-0.1, -0.05) is 44.2 Å². The molecule has 2 nitrogen and oxygen atoms in total. The van der Waals surface area contributed by atoms with Crippen LogP contribution in [0.5, 0.6) is 0 Å². The third kappa shape index (κ3) is 5.17. The Balaban J connectivity index is 1.97. The van der Waals surface area contributed by atoms with E-state index in [2.05, 4.69) is 25.2 Å². The molecule has 0 fully saturated rings. The van der Waals surface area contributed by atoms with Crippen LogP contribution in [0, 0.1) is 0 Å². The highest BCUT2D eigenvalue weighted by atomic mass is 35.5. The molecule has 0 spiro atoms. The smallest absolute Gasteiger partial charge is 0.126 e. The monoisotopic (exact) mass is 325 g/mol. The lowest BCUT2D eigenvalue weighted by atomic mass is 10.1. The van der Waals surface area contributed by atoms with E-state index in [0.29, 0.717) is 6.04 Å². The first-order valence-electron chi connectivity index (χ1n) is 7.75. The van der Waals surface area contributed by atoms with Gasteiger partial charge in [-0.05, 0) is 37.6 Å². The second-order valence-corrected chi connectivity index (χ2v) is 7.25. The van der Waals surface area contributed by atoms with Gasteiger partial charge in [-0.3, -0.25) is 0 Å². The molecule has 2 heterocycles. The van der Waals surface area contributed by atoms with Crippen LogP contribution in [0.3, 0.4) is 0 Å². The Kier molecular flexibility index (Phi) is 6.81. The summed E-state index contributed by atoms with van der Waals surface area (Å²) in [5.74, 6) is 0.953. The first-order valence-corrected chi connectivity index (χ1v) is 8.94. The zero-order valence-corrected chi connectivity index (χ0v) is 14.3. The van der Waals surface area contributed by atoms with Crippen molar-refractivity contribution in [2.75, 3.05) is 0 Å². The van der Waals surface area contributed by atoms with E-state index >= 15 is 0 Å². The van der Waals surface area contributed by atoms with Crippen LogP contribution < -0.4 is 5.32 Å². The van der Waals surface area contributed by atoms with Crippen LogP contribution in [0.1, 0.15) is 62.6 Å². The molecule has 21 heavy (non-hydrogen) atoms. The Morgan fingerprint density at radius 2 is 2.10 bits per heavy atom. The molecule has 0 bridgehead atoms. The molecule has 0 aliphatic heterocycles. The van der Waals surface area contributed by atoms with E-state index in [1.54, 1.807) is 17.6 Å². The number of rotatable bonds is 9. The molecule has 0 aromatic carbocycles. The normalized spacial score (nSPS) is 14.2. The lowest BCUT2D eigenvalue weighted by molar-refractivity contribution is 0.399. The minimum absolute atomic E-state index is 0.0960. The fourth-order valence-corrected chi connectivity index (χ4v) is 3.62. The molecule has 4 heteroatoms. The largest absolute Gasteiger partial charge is 0.467 e. The van der Waals surface area contributed by atoms with Crippen LogP contribution in [0.25, 0.3) is 0 Å². The maximum Gasteiger partial charge on any atom is 0.126 e. The molecular weight excluding hydrogens is 302 g/mol. The standard InChI is InChI=1S/C17H24ClNOS/c1-3-4-5-6-8-13(2)19-17(14-9-7-12-20-14)15-10-11-16(18)21-15/h7,9-13,17,19H,3-6,8H2,1-2H3. The van der Waals surface area contributed by atoms with Crippen molar-refractivity contribution in [3.05, 3.63) is 45.5 Å². The third-order valence-corrected chi connectivity index (χ3v) is 4.94. The van der Waals surface area contributed by atoms with E-state index < -0.39 is 0 Å². The average Bonchev–Trinajstić information content (AvgIpc) is 3.12. The molecule has 0 saturated heterocycles. The van der Waals surface area contributed by atoms with Crippen molar-refractivity contribution >= 4 is 22.9 Å². The molecule has 116 valence electrons. The summed E-state index contributed by atoms with van der Waals surface area (Å²) in [7, 11) is 0. The molecule has 2 rings (SSSR count). The maximum absolute atomic E-state index is 6.08. The molecule has 2 atom stereocenters. The van der Waals surface area contributed by atoms with E-state index in [1.165, 1.54) is 37.0 Å². The van der Waals surface area contributed by atoms with Gasteiger partial charge in [0, 0.05) is 10.9 Å². The van der Waals surface area contributed by atoms with Crippen molar-refractivity contribution in [3.8, 4) is 0 Å². The van der Waals surface area contributed by atoms with Crippen molar-refractivity contribution in [1.82, 2.24) is 5.32 Å². The van der Waals surface area contributed by atoms with Gasteiger partial charge in [0.15, 0.2) is 0 Å². The van der Waals surface area contributed by atoms with Gasteiger partial charge in [0.2, 0.25) is 0 Å². The van der Waals surface area contributed by atoms with Crippen LogP contribution in [-0.4, -0.2) is 6.04 Å². The zero-order valence-electron chi connectivity index (χ0n) is 12.8. The Labute approximate surface area is 136 Å². The van der Waals surface area contributed by atoms with Gasteiger partial charge < -0.3 is 9.73 Å². The molecule has 0 radical (unpaired) electrons. The highest BCUT2D eigenvalue weighted by molar-refractivity contribution is 7.16. The summed E-state index contributed by atoms with van der Waals surface area (Å²) < 4.78 is 6.42. The molecule has 0 aliphatic carbocycles. The summed E-state index contributed by atoms with van der Waals surface area (Å²) in [6, 6.07) is 8.54. The molecule has 2 unspecified atom stereocenters. The van der Waals surface area contributed by atoms with Gasteiger partial charge in [0.05, 0.1) is 10.6 Å². The first kappa shape index (κ1) is 16.6. The first-order chi connectivity index (χ1) is 10.2. The lowest BCUT2D eigenvalue weighted by Gasteiger charge is -2.21. The fraction of sp³-hybridized carbons (Fsp3) is 0.529. The van der Waals surface area contributed by atoms with Crippen molar-refractivity contribution in [2.45, 2.75) is 58.0 Å². The van der Waals surface area contributed by atoms with E-state index in [0.717, 1.165) is 10.1 Å². The summed E-state index contributed by atoms with van der Waals surface area (Å²) in [6.45, 7) is 4.49. The van der Waals surface area contributed by atoms with Crippen LogP contribution in [0.4, 0.5) is 0 Å². The fourth-order valence-electron chi connectivity index (χ4n) is 2.49. The number of nitrogens with one attached hydrogen (secondary N) is 1. The summed E-state index contributed by atoms with van der Waals surface area (Å²) in [4.78, 5) is 1.20. The summed E-state index contributed by atoms with van der Waals surface area (Å²) in [6.07, 6.45) is 8.12.